The summed E-state index contributed by atoms with van der Waals surface area (Å²) in [5.74, 6) is -14.4. The molecule has 10 heteroatoms. The largest absolute Gasteiger partial charge is 0.368 e. The molecule has 0 bridgehead atoms. The van der Waals surface area contributed by atoms with Crippen molar-refractivity contribution in [3.05, 3.63) is 34.6 Å². The van der Waals surface area contributed by atoms with Gasteiger partial charge in [0.15, 0.2) is 29.9 Å². The molecule has 1 aromatic carbocycles. The van der Waals surface area contributed by atoms with E-state index in [1.165, 1.54) is 5.48 Å². The molecule has 5 nitrogen and oxygen atoms in total. The Morgan fingerprint density at radius 1 is 0.947 bits per heavy atom. The molecule has 0 aliphatic heterocycles. The number of carbonyl (C=O) groups excluding carboxylic acids is 2. The van der Waals surface area contributed by atoms with Crippen molar-refractivity contribution in [2.75, 3.05) is 6.61 Å². The summed E-state index contributed by atoms with van der Waals surface area (Å²) in [5.41, 5.74) is 4.19. The lowest BCUT2D eigenvalue weighted by Crippen LogP contribution is -2.31. The van der Waals surface area contributed by atoms with E-state index in [4.69, 9.17) is 0 Å². The first-order valence-electron chi connectivity index (χ1n) is 4.49. The van der Waals surface area contributed by atoms with Crippen molar-refractivity contribution in [2.45, 2.75) is 0 Å². The molecule has 1 rings (SSSR count). The van der Waals surface area contributed by atoms with Crippen LogP contribution in [0.1, 0.15) is 10.4 Å². The number of carbonyl (C=O) groups is 2. The Labute approximate surface area is 102 Å². The maximum absolute atomic E-state index is 13.1. The lowest BCUT2D eigenvalue weighted by Gasteiger charge is -2.08. The van der Waals surface area contributed by atoms with Crippen LogP contribution in [0.4, 0.5) is 22.0 Å². The highest BCUT2D eigenvalue weighted by Gasteiger charge is 2.29. The van der Waals surface area contributed by atoms with E-state index in [0.717, 1.165) is 0 Å². The molecular weight excluding hydrogens is 279 g/mol. The van der Waals surface area contributed by atoms with E-state index in [1.807, 2.05) is 0 Å². The van der Waals surface area contributed by atoms with Crippen LogP contribution >= 0.6 is 0 Å². The molecule has 0 aliphatic carbocycles. The average molecular weight is 284 g/mol. The highest BCUT2D eigenvalue weighted by molar-refractivity contribution is 5.94. The number of primary amides is 1. The van der Waals surface area contributed by atoms with Gasteiger partial charge < -0.3 is 5.73 Å². The maximum atomic E-state index is 13.1. The van der Waals surface area contributed by atoms with Crippen LogP contribution in [0.3, 0.4) is 0 Å². The zero-order valence-electron chi connectivity index (χ0n) is 8.90. The van der Waals surface area contributed by atoms with Gasteiger partial charge in [0.1, 0.15) is 5.56 Å². The van der Waals surface area contributed by atoms with Gasteiger partial charge in [-0.2, -0.15) is 0 Å². The summed E-state index contributed by atoms with van der Waals surface area (Å²) in [6.45, 7) is -0.846. The third-order valence-electron chi connectivity index (χ3n) is 1.82. The normalized spacial score (nSPS) is 10.4. The zero-order chi connectivity index (χ0) is 14.7. The summed E-state index contributed by atoms with van der Waals surface area (Å²) < 4.78 is 64.4. The molecule has 104 valence electrons. The van der Waals surface area contributed by atoms with Crippen LogP contribution in [0.25, 0.3) is 0 Å². The van der Waals surface area contributed by atoms with E-state index in [2.05, 4.69) is 10.6 Å². The highest BCUT2D eigenvalue weighted by atomic mass is 19.2. The SMILES string of the molecule is NC(=O)CONC(=O)c1c(F)c(F)c(F)c(F)c1F. The summed E-state index contributed by atoms with van der Waals surface area (Å²) in [7, 11) is 0. The van der Waals surface area contributed by atoms with Crippen LogP contribution < -0.4 is 11.2 Å². The molecule has 2 amide bonds. The van der Waals surface area contributed by atoms with Crippen molar-refractivity contribution >= 4 is 11.8 Å². The van der Waals surface area contributed by atoms with Crippen LogP contribution in [-0.2, 0) is 9.63 Å². The number of halogens is 5. The number of hydrogen-bond donors (Lipinski definition) is 2. The first kappa shape index (κ1) is 14.8. The van der Waals surface area contributed by atoms with Crippen molar-refractivity contribution in [3.8, 4) is 0 Å². The minimum Gasteiger partial charge on any atom is -0.368 e. The minimum atomic E-state index is -2.40. The molecule has 19 heavy (non-hydrogen) atoms. The molecule has 0 saturated heterocycles. The number of hydroxylamine groups is 1. The second-order valence-electron chi connectivity index (χ2n) is 3.13. The molecule has 0 aliphatic rings. The van der Waals surface area contributed by atoms with E-state index in [0.29, 0.717) is 0 Å². The fourth-order valence-corrected chi connectivity index (χ4v) is 1.03. The molecule has 0 atom stereocenters. The molecular formula is C9H5F5N2O3. The number of benzene rings is 1. The van der Waals surface area contributed by atoms with Crippen molar-refractivity contribution in [2.24, 2.45) is 5.73 Å². The van der Waals surface area contributed by atoms with Crippen LogP contribution in [-0.4, -0.2) is 18.4 Å². The lowest BCUT2D eigenvalue weighted by atomic mass is 10.1. The zero-order valence-corrected chi connectivity index (χ0v) is 8.90. The summed E-state index contributed by atoms with van der Waals surface area (Å²) >= 11 is 0. The van der Waals surface area contributed by atoms with E-state index in [1.54, 1.807) is 0 Å². The maximum Gasteiger partial charge on any atom is 0.281 e. The Bertz CT molecular complexity index is 520. The van der Waals surface area contributed by atoms with Crippen molar-refractivity contribution < 1.29 is 36.4 Å². The van der Waals surface area contributed by atoms with Gasteiger partial charge in [-0.3, -0.25) is 14.4 Å². The highest BCUT2D eigenvalue weighted by Crippen LogP contribution is 2.22. The second kappa shape index (κ2) is 5.61. The summed E-state index contributed by atoms with van der Waals surface area (Å²) in [6, 6.07) is 0. The quantitative estimate of drug-likeness (QED) is 0.366. The Morgan fingerprint density at radius 2 is 1.37 bits per heavy atom. The third-order valence-corrected chi connectivity index (χ3v) is 1.82. The molecule has 0 heterocycles. The molecule has 0 saturated carbocycles. The molecule has 0 fully saturated rings. The number of amides is 2. The number of nitrogens with one attached hydrogen (secondary N) is 1. The Kier molecular flexibility index (Phi) is 4.38. The van der Waals surface area contributed by atoms with Gasteiger partial charge in [0, 0.05) is 0 Å². The smallest absolute Gasteiger partial charge is 0.281 e. The van der Waals surface area contributed by atoms with Crippen molar-refractivity contribution in [1.29, 1.82) is 0 Å². The number of nitrogens with two attached hydrogens (primary N) is 1. The third kappa shape index (κ3) is 2.96. The van der Waals surface area contributed by atoms with Crippen LogP contribution in [0.2, 0.25) is 0 Å². The topological polar surface area (TPSA) is 81.4 Å². The predicted molar refractivity (Wildman–Crippen MR) is 48.8 cm³/mol. The van der Waals surface area contributed by atoms with Gasteiger partial charge in [-0.25, -0.2) is 27.4 Å². The van der Waals surface area contributed by atoms with Crippen LogP contribution in [0, 0.1) is 29.1 Å². The second-order valence-corrected chi connectivity index (χ2v) is 3.13. The van der Waals surface area contributed by atoms with Gasteiger partial charge in [-0.1, -0.05) is 0 Å². The monoisotopic (exact) mass is 284 g/mol. The lowest BCUT2D eigenvalue weighted by molar-refractivity contribution is -0.124. The fourth-order valence-electron chi connectivity index (χ4n) is 1.03. The first-order valence-corrected chi connectivity index (χ1v) is 4.49. The van der Waals surface area contributed by atoms with Gasteiger partial charge in [-0.05, 0) is 0 Å². The summed E-state index contributed by atoms with van der Waals surface area (Å²) in [5, 5.41) is 0. The number of hydrogen-bond acceptors (Lipinski definition) is 3. The molecule has 0 aromatic heterocycles. The first-order chi connectivity index (χ1) is 8.77. The van der Waals surface area contributed by atoms with Gasteiger partial charge in [0.05, 0.1) is 0 Å². The molecule has 1 aromatic rings. The van der Waals surface area contributed by atoms with E-state index >= 15 is 0 Å². The van der Waals surface area contributed by atoms with Crippen molar-refractivity contribution in [3.63, 3.8) is 0 Å². The minimum absolute atomic E-state index is 0.846. The fraction of sp³-hybridized carbons (Fsp3) is 0.111. The molecule has 0 spiro atoms. The van der Waals surface area contributed by atoms with E-state index < -0.39 is 53.1 Å². The van der Waals surface area contributed by atoms with E-state index in [9.17, 15) is 31.5 Å². The van der Waals surface area contributed by atoms with Crippen molar-refractivity contribution in [1.82, 2.24) is 5.48 Å². The predicted octanol–water partition coefficient (Wildman–Crippen LogP) is 0.529. The van der Waals surface area contributed by atoms with Gasteiger partial charge in [0.25, 0.3) is 5.91 Å². The summed E-state index contributed by atoms with van der Waals surface area (Å²) in [6.07, 6.45) is 0. The number of rotatable bonds is 4. The molecule has 3 N–H and O–H groups in total. The van der Waals surface area contributed by atoms with Gasteiger partial charge in [0.2, 0.25) is 11.7 Å². The van der Waals surface area contributed by atoms with Crippen LogP contribution in [0.5, 0.6) is 0 Å². The van der Waals surface area contributed by atoms with Crippen LogP contribution in [0.15, 0.2) is 0 Å². The standard InChI is InChI=1S/C9H5F5N2O3/c10-4-3(9(18)16-19-1-2(15)17)5(11)7(13)8(14)6(4)12/h1H2,(H2,15,17)(H,16,18). The van der Waals surface area contributed by atoms with E-state index in [-0.39, 0.29) is 0 Å². The Hall–Kier alpha value is -2.23. The Morgan fingerprint density at radius 3 is 1.79 bits per heavy atom. The molecule has 0 radical (unpaired) electrons. The van der Waals surface area contributed by atoms with Gasteiger partial charge in [-0.15, -0.1) is 0 Å². The van der Waals surface area contributed by atoms with Gasteiger partial charge >= 0.3 is 0 Å². The summed E-state index contributed by atoms with van der Waals surface area (Å²) in [4.78, 5) is 25.5. The molecule has 0 unspecified atom stereocenters. The average Bonchev–Trinajstić information content (AvgIpc) is 2.34. The Balaban J connectivity index is 3.07.